The SMILES string of the molecule is C=C(C)C=C/C=C(\C)CC. The van der Waals surface area contributed by atoms with Crippen LogP contribution in [0.4, 0.5) is 0 Å². The van der Waals surface area contributed by atoms with Crippen molar-refractivity contribution in [2.75, 3.05) is 0 Å². The first-order valence-electron chi connectivity index (χ1n) is 3.66. The van der Waals surface area contributed by atoms with Crippen LogP contribution in [0, 0.1) is 0 Å². The van der Waals surface area contributed by atoms with Crippen LogP contribution >= 0.6 is 0 Å². The molecule has 0 aliphatic carbocycles. The molecule has 0 aromatic rings. The molecule has 0 aliphatic heterocycles. The van der Waals surface area contributed by atoms with E-state index in [0.29, 0.717) is 0 Å². The van der Waals surface area contributed by atoms with Crippen LogP contribution in [0.2, 0.25) is 0 Å². The minimum atomic E-state index is 1.10. The summed E-state index contributed by atoms with van der Waals surface area (Å²) in [7, 11) is 0. The van der Waals surface area contributed by atoms with Crippen molar-refractivity contribution in [3.8, 4) is 0 Å². The Bertz CT molecular complexity index is 159. The summed E-state index contributed by atoms with van der Waals surface area (Å²) in [5.41, 5.74) is 2.50. The third kappa shape index (κ3) is 5.36. The Kier molecular flexibility index (Phi) is 4.65. The largest absolute Gasteiger partial charge is 0.0961 e. The monoisotopic (exact) mass is 136 g/mol. The minimum Gasteiger partial charge on any atom is -0.0961 e. The first kappa shape index (κ1) is 9.22. The van der Waals surface area contributed by atoms with Gasteiger partial charge in [0.1, 0.15) is 0 Å². The predicted octanol–water partition coefficient (Wildman–Crippen LogP) is 3.48. The highest BCUT2D eigenvalue weighted by Gasteiger charge is 1.77. The Balaban J connectivity index is 3.82. The van der Waals surface area contributed by atoms with E-state index in [1.54, 1.807) is 0 Å². The summed E-state index contributed by atoms with van der Waals surface area (Å²) in [6.07, 6.45) is 7.30. The van der Waals surface area contributed by atoms with Gasteiger partial charge >= 0.3 is 0 Å². The lowest BCUT2D eigenvalue weighted by Gasteiger charge is -1.88. The van der Waals surface area contributed by atoms with Crippen molar-refractivity contribution in [3.05, 3.63) is 36.0 Å². The molecule has 0 heterocycles. The average molecular weight is 136 g/mol. The van der Waals surface area contributed by atoms with Crippen LogP contribution in [-0.4, -0.2) is 0 Å². The van der Waals surface area contributed by atoms with Gasteiger partial charge in [-0.15, -0.1) is 0 Å². The molecule has 0 unspecified atom stereocenters. The summed E-state index contributed by atoms with van der Waals surface area (Å²) in [6.45, 7) is 10.0. The van der Waals surface area contributed by atoms with Gasteiger partial charge in [0.25, 0.3) is 0 Å². The lowest BCUT2D eigenvalue weighted by atomic mass is 10.2. The second-order valence-electron chi connectivity index (χ2n) is 2.57. The van der Waals surface area contributed by atoms with Gasteiger partial charge in [0.05, 0.1) is 0 Å². The Labute approximate surface area is 64.0 Å². The van der Waals surface area contributed by atoms with E-state index in [0.717, 1.165) is 12.0 Å². The second kappa shape index (κ2) is 5.04. The van der Waals surface area contributed by atoms with Gasteiger partial charge in [-0.1, -0.05) is 42.9 Å². The van der Waals surface area contributed by atoms with Gasteiger partial charge in [0.2, 0.25) is 0 Å². The molecule has 0 rings (SSSR count). The molecule has 0 radical (unpaired) electrons. The van der Waals surface area contributed by atoms with Crippen LogP contribution < -0.4 is 0 Å². The fourth-order valence-corrected chi connectivity index (χ4v) is 0.494. The van der Waals surface area contributed by atoms with Crippen molar-refractivity contribution in [1.29, 1.82) is 0 Å². The molecule has 0 nitrogen and oxygen atoms in total. The van der Waals surface area contributed by atoms with Crippen molar-refractivity contribution in [2.45, 2.75) is 27.2 Å². The summed E-state index contributed by atoms with van der Waals surface area (Å²) in [6, 6.07) is 0. The van der Waals surface area contributed by atoms with Crippen LogP contribution in [0.3, 0.4) is 0 Å². The van der Waals surface area contributed by atoms with E-state index in [1.165, 1.54) is 5.57 Å². The predicted molar refractivity (Wildman–Crippen MR) is 48.0 cm³/mol. The molecule has 0 saturated heterocycles. The summed E-state index contributed by atoms with van der Waals surface area (Å²) in [4.78, 5) is 0. The van der Waals surface area contributed by atoms with Crippen LogP contribution in [-0.2, 0) is 0 Å². The molecule has 0 aromatic carbocycles. The highest BCUT2D eigenvalue weighted by molar-refractivity contribution is 5.19. The van der Waals surface area contributed by atoms with Crippen molar-refractivity contribution < 1.29 is 0 Å². The van der Waals surface area contributed by atoms with Crippen LogP contribution in [0.15, 0.2) is 36.0 Å². The van der Waals surface area contributed by atoms with Gasteiger partial charge < -0.3 is 0 Å². The first-order chi connectivity index (χ1) is 4.66. The van der Waals surface area contributed by atoms with Gasteiger partial charge in [-0.25, -0.2) is 0 Å². The zero-order valence-corrected chi connectivity index (χ0v) is 7.15. The third-order valence-corrected chi connectivity index (χ3v) is 1.32. The highest BCUT2D eigenvalue weighted by Crippen LogP contribution is 1.98. The number of hydrogen-bond donors (Lipinski definition) is 0. The van der Waals surface area contributed by atoms with Gasteiger partial charge in [-0.2, -0.15) is 0 Å². The molecule has 0 saturated carbocycles. The average Bonchev–Trinajstić information content (AvgIpc) is 1.87. The lowest BCUT2D eigenvalue weighted by Crippen LogP contribution is -1.67. The van der Waals surface area contributed by atoms with E-state index in [-0.39, 0.29) is 0 Å². The number of rotatable bonds is 3. The molecule has 0 aromatic heterocycles. The summed E-state index contributed by atoms with van der Waals surface area (Å²) in [5, 5.41) is 0. The fourth-order valence-electron chi connectivity index (χ4n) is 0.494. The highest BCUT2D eigenvalue weighted by atomic mass is 13.8. The van der Waals surface area contributed by atoms with Crippen LogP contribution in [0.1, 0.15) is 27.2 Å². The van der Waals surface area contributed by atoms with E-state index >= 15 is 0 Å². The molecule has 0 atom stereocenters. The van der Waals surface area contributed by atoms with E-state index in [9.17, 15) is 0 Å². The maximum Gasteiger partial charge on any atom is -0.0349 e. The van der Waals surface area contributed by atoms with Crippen LogP contribution in [0.5, 0.6) is 0 Å². The topological polar surface area (TPSA) is 0 Å². The maximum atomic E-state index is 3.76. The first-order valence-corrected chi connectivity index (χ1v) is 3.66. The van der Waals surface area contributed by atoms with E-state index in [4.69, 9.17) is 0 Å². The Morgan fingerprint density at radius 2 is 2.00 bits per heavy atom. The molecular weight excluding hydrogens is 120 g/mol. The van der Waals surface area contributed by atoms with Gasteiger partial charge in [-0.05, 0) is 20.3 Å². The molecule has 0 bridgehead atoms. The van der Waals surface area contributed by atoms with Crippen molar-refractivity contribution in [3.63, 3.8) is 0 Å². The number of allylic oxidation sites excluding steroid dienone is 5. The summed E-state index contributed by atoms with van der Waals surface area (Å²) >= 11 is 0. The van der Waals surface area contributed by atoms with Crippen molar-refractivity contribution >= 4 is 0 Å². The Hall–Kier alpha value is -0.780. The van der Waals surface area contributed by atoms with E-state index in [2.05, 4.69) is 26.5 Å². The summed E-state index contributed by atoms with van der Waals surface area (Å²) in [5.74, 6) is 0. The zero-order valence-electron chi connectivity index (χ0n) is 7.15. The fraction of sp³-hybridized carbons (Fsp3) is 0.400. The van der Waals surface area contributed by atoms with Gasteiger partial charge in [0.15, 0.2) is 0 Å². The molecule has 0 heteroatoms. The minimum absolute atomic E-state index is 1.10. The van der Waals surface area contributed by atoms with E-state index < -0.39 is 0 Å². The molecule has 0 aliphatic rings. The smallest absolute Gasteiger partial charge is 0.0349 e. The molecular formula is C10H16. The van der Waals surface area contributed by atoms with Gasteiger partial charge in [0, 0.05) is 0 Å². The molecule has 0 fully saturated rings. The molecule has 10 heavy (non-hydrogen) atoms. The number of hydrogen-bond acceptors (Lipinski definition) is 0. The maximum absolute atomic E-state index is 3.76. The molecule has 0 spiro atoms. The second-order valence-corrected chi connectivity index (χ2v) is 2.57. The van der Waals surface area contributed by atoms with Gasteiger partial charge in [-0.3, -0.25) is 0 Å². The summed E-state index contributed by atoms with van der Waals surface area (Å²) < 4.78 is 0. The zero-order chi connectivity index (χ0) is 7.98. The Morgan fingerprint density at radius 3 is 2.40 bits per heavy atom. The quantitative estimate of drug-likeness (QED) is 0.521. The van der Waals surface area contributed by atoms with Crippen molar-refractivity contribution in [2.24, 2.45) is 0 Å². The van der Waals surface area contributed by atoms with E-state index in [1.807, 2.05) is 19.1 Å². The Morgan fingerprint density at radius 1 is 1.40 bits per heavy atom. The molecule has 0 N–H and O–H groups in total. The standard InChI is InChI=1S/C10H16/c1-5-10(4)8-6-7-9(2)3/h6-8H,2,5H2,1,3-4H3/b7-6?,10-8+. The normalized spacial score (nSPS) is 12.5. The molecule has 56 valence electrons. The van der Waals surface area contributed by atoms with Crippen LogP contribution in [0.25, 0.3) is 0 Å². The van der Waals surface area contributed by atoms with Crippen molar-refractivity contribution in [1.82, 2.24) is 0 Å². The third-order valence-electron chi connectivity index (χ3n) is 1.32. The lowest BCUT2D eigenvalue weighted by molar-refractivity contribution is 1.10. The molecule has 0 amide bonds.